The lowest BCUT2D eigenvalue weighted by Crippen LogP contribution is -1.89. The average Bonchev–Trinajstić information content (AvgIpc) is 2.30. The van der Waals surface area contributed by atoms with E-state index in [9.17, 15) is 0 Å². The molecule has 0 aliphatic heterocycles. The lowest BCUT2D eigenvalue weighted by molar-refractivity contribution is 1.36. The second-order valence-corrected chi connectivity index (χ2v) is 5.13. The molecule has 0 saturated heterocycles. The first kappa shape index (κ1) is 12.6. The minimum absolute atomic E-state index is 1.12. The summed E-state index contributed by atoms with van der Waals surface area (Å²) in [5, 5.41) is 0. The quantitative estimate of drug-likeness (QED) is 0.662. The molecule has 0 nitrogen and oxygen atoms in total. The average molecular weight is 236 g/mol. The fourth-order valence-corrected chi connectivity index (χ4v) is 2.39. The van der Waals surface area contributed by atoms with Crippen molar-refractivity contribution in [2.75, 3.05) is 0 Å². The van der Waals surface area contributed by atoms with Gasteiger partial charge < -0.3 is 0 Å². The van der Waals surface area contributed by atoms with E-state index < -0.39 is 0 Å². The molecule has 0 saturated carbocycles. The zero-order valence-electron chi connectivity index (χ0n) is 11.7. The highest BCUT2D eigenvalue weighted by molar-refractivity contribution is 5.74. The lowest BCUT2D eigenvalue weighted by atomic mass is 9.94. The van der Waals surface area contributed by atoms with Gasteiger partial charge in [0.25, 0.3) is 0 Å². The first-order valence-corrected chi connectivity index (χ1v) is 6.33. The number of allylic oxidation sites excluding steroid dienone is 1. The maximum absolute atomic E-state index is 4.06. The predicted molar refractivity (Wildman–Crippen MR) is 80.8 cm³/mol. The van der Waals surface area contributed by atoms with E-state index in [0.29, 0.717) is 0 Å². The summed E-state index contributed by atoms with van der Waals surface area (Å²) in [7, 11) is 0. The largest absolute Gasteiger partial charge is 0.0955 e. The standard InChI is InChI=1S/C18H20/c1-12(2)18-11-16(8-7-14(18)4)17-9-6-13(3)10-15(17)5/h6-11H,1H2,2-5H3. The molecule has 2 rings (SSSR count). The second-order valence-electron chi connectivity index (χ2n) is 5.13. The molecule has 0 spiro atoms. The molecular weight excluding hydrogens is 216 g/mol. The van der Waals surface area contributed by atoms with E-state index in [4.69, 9.17) is 0 Å². The summed E-state index contributed by atoms with van der Waals surface area (Å²) in [5.74, 6) is 0. The van der Waals surface area contributed by atoms with Crippen LogP contribution >= 0.6 is 0 Å². The van der Waals surface area contributed by atoms with Gasteiger partial charge in [-0.2, -0.15) is 0 Å². The van der Waals surface area contributed by atoms with Crippen molar-refractivity contribution in [1.82, 2.24) is 0 Å². The van der Waals surface area contributed by atoms with Gasteiger partial charge in [-0.05, 0) is 61.6 Å². The molecule has 0 bridgehead atoms. The fraction of sp³-hybridized carbons (Fsp3) is 0.222. The van der Waals surface area contributed by atoms with Crippen LogP contribution in [0.25, 0.3) is 16.7 Å². The molecule has 0 fully saturated rings. The van der Waals surface area contributed by atoms with Crippen molar-refractivity contribution in [2.45, 2.75) is 27.7 Å². The molecule has 0 radical (unpaired) electrons. The molecule has 0 heteroatoms. The molecule has 0 amide bonds. The summed E-state index contributed by atoms with van der Waals surface area (Å²) in [6, 6.07) is 13.2. The van der Waals surface area contributed by atoms with Crippen molar-refractivity contribution in [1.29, 1.82) is 0 Å². The van der Waals surface area contributed by atoms with E-state index in [0.717, 1.165) is 5.57 Å². The molecule has 0 unspecified atom stereocenters. The molecule has 0 N–H and O–H groups in total. The Morgan fingerprint density at radius 3 is 2.22 bits per heavy atom. The Balaban J connectivity index is 2.58. The van der Waals surface area contributed by atoms with Crippen LogP contribution in [0.5, 0.6) is 0 Å². The third-order valence-corrected chi connectivity index (χ3v) is 3.39. The molecule has 0 atom stereocenters. The first-order valence-electron chi connectivity index (χ1n) is 6.33. The van der Waals surface area contributed by atoms with Crippen LogP contribution in [-0.2, 0) is 0 Å². The summed E-state index contributed by atoms with van der Waals surface area (Å²) < 4.78 is 0. The molecule has 92 valence electrons. The number of hydrogen-bond donors (Lipinski definition) is 0. The number of rotatable bonds is 2. The van der Waals surface area contributed by atoms with Crippen LogP contribution in [0, 0.1) is 20.8 Å². The van der Waals surface area contributed by atoms with Crippen LogP contribution in [-0.4, -0.2) is 0 Å². The van der Waals surface area contributed by atoms with E-state index in [1.807, 2.05) is 0 Å². The Bertz CT molecular complexity index is 603. The van der Waals surface area contributed by atoms with Gasteiger partial charge in [0, 0.05) is 0 Å². The van der Waals surface area contributed by atoms with Crippen molar-refractivity contribution in [3.05, 3.63) is 65.2 Å². The topological polar surface area (TPSA) is 0 Å². The molecule has 0 heterocycles. The zero-order valence-corrected chi connectivity index (χ0v) is 11.7. The van der Waals surface area contributed by atoms with E-state index >= 15 is 0 Å². The number of hydrogen-bond acceptors (Lipinski definition) is 0. The van der Waals surface area contributed by atoms with Crippen LogP contribution in [0.15, 0.2) is 43.0 Å². The third-order valence-electron chi connectivity index (χ3n) is 3.39. The molecule has 0 aromatic heterocycles. The van der Waals surface area contributed by atoms with Gasteiger partial charge in [-0.3, -0.25) is 0 Å². The van der Waals surface area contributed by atoms with E-state index in [2.05, 4.69) is 70.7 Å². The van der Waals surface area contributed by atoms with Crippen molar-refractivity contribution < 1.29 is 0 Å². The minimum Gasteiger partial charge on any atom is -0.0955 e. The summed E-state index contributed by atoms with van der Waals surface area (Å²) >= 11 is 0. The van der Waals surface area contributed by atoms with Crippen LogP contribution in [0.2, 0.25) is 0 Å². The Morgan fingerprint density at radius 1 is 0.889 bits per heavy atom. The van der Waals surface area contributed by atoms with Crippen LogP contribution in [0.4, 0.5) is 0 Å². The van der Waals surface area contributed by atoms with Gasteiger partial charge in [-0.25, -0.2) is 0 Å². The normalized spacial score (nSPS) is 10.4. The number of aryl methyl sites for hydroxylation is 3. The van der Waals surface area contributed by atoms with Crippen molar-refractivity contribution in [3.63, 3.8) is 0 Å². The van der Waals surface area contributed by atoms with Crippen molar-refractivity contribution in [2.24, 2.45) is 0 Å². The number of benzene rings is 2. The highest BCUT2D eigenvalue weighted by Gasteiger charge is 2.05. The third kappa shape index (κ3) is 2.38. The molecule has 0 aliphatic carbocycles. The smallest absolute Gasteiger partial charge is 0.0154 e. The SMILES string of the molecule is C=C(C)c1cc(-c2ccc(C)cc2C)ccc1C. The maximum Gasteiger partial charge on any atom is -0.0154 e. The summed E-state index contributed by atoms with van der Waals surface area (Å²) in [5.41, 5.74) is 8.89. The highest BCUT2D eigenvalue weighted by atomic mass is 14.1. The van der Waals surface area contributed by atoms with Crippen LogP contribution < -0.4 is 0 Å². The minimum atomic E-state index is 1.12. The van der Waals surface area contributed by atoms with Gasteiger partial charge >= 0.3 is 0 Å². The Hall–Kier alpha value is -1.82. The maximum atomic E-state index is 4.06. The summed E-state index contributed by atoms with van der Waals surface area (Å²) in [6.07, 6.45) is 0. The van der Waals surface area contributed by atoms with Gasteiger partial charge in [0.15, 0.2) is 0 Å². The molecule has 2 aromatic rings. The van der Waals surface area contributed by atoms with Crippen molar-refractivity contribution in [3.8, 4) is 11.1 Å². The Morgan fingerprint density at radius 2 is 1.61 bits per heavy atom. The fourth-order valence-electron chi connectivity index (χ4n) is 2.39. The highest BCUT2D eigenvalue weighted by Crippen LogP contribution is 2.28. The van der Waals surface area contributed by atoms with Gasteiger partial charge in [0.05, 0.1) is 0 Å². The Labute approximate surface area is 110 Å². The van der Waals surface area contributed by atoms with Gasteiger partial charge in [-0.1, -0.05) is 48.0 Å². The second kappa shape index (κ2) is 4.81. The molecular formula is C18H20. The summed E-state index contributed by atoms with van der Waals surface area (Å²) in [6.45, 7) is 12.6. The molecule has 2 aromatic carbocycles. The predicted octanol–water partition coefficient (Wildman–Crippen LogP) is 5.31. The molecule has 18 heavy (non-hydrogen) atoms. The van der Waals surface area contributed by atoms with E-state index in [1.165, 1.54) is 33.4 Å². The van der Waals surface area contributed by atoms with Crippen LogP contribution in [0.1, 0.15) is 29.2 Å². The summed E-state index contributed by atoms with van der Waals surface area (Å²) in [4.78, 5) is 0. The Kier molecular flexibility index (Phi) is 3.38. The van der Waals surface area contributed by atoms with Crippen LogP contribution in [0.3, 0.4) is 0 Å². The molecule has 0 aliphatic rings. The van der Waals surface area contributed by atoms with Crippen molar-refractivity contribution >= 4 is 5.57 Å². The lowest BCUT2D eigenvalue weighted by Gasteiger charge is -2.11. The monoisotopic (exact) mass is 236 g/mol. The van der Waals surface area contributed by atoms with E-state index in [1.54, 1.807) is 0 Å². The first-order chi connectivity index (χ1) is 8.49. The van der Waals surface area contributed by atoms with Gasteiger partial charge in [0.1, 0.15) is 0 Å². The van der Waals surface area contributed by atoms with E-state index in [-0.39, 0.29) is 0 Å². The van der Waals surface area contributed by atoms with Gasteiger partial charge in [0.2, 0.25) is 0 Å². The van der Waals surface area contributed by atoms with Gasteiger partial charge in [-0.15, -0.1) is 0 Å². The zero-order chi connectivity index (χ0) is 13.3.